The molecule has 1 heterocycles. The van der Waals surface area contributed by atoms with Crippen LogP contribution in [0.15, 0.2) is 27.2 Å². The lowest BCUT2D eigenvalue weighted by molar-refractivity contribution is -0.119. The van der Waals surface area contributed by atoms with Crippen LogP contribution < -0.4 is 0 Å². The number of benzene rings is 1. The predicted molar refractivity (Wildman–Crippen MR) is 73.8 cm³/mol. The Morgan fingerprint density at radius 1 is 1.42 bits per heavy atom. The van der Waals surface area contributed by atoms with Crippen molar-refractivity contribution in [3.63, 3.8) is 0 Å². The Morgan fingerprint density at radius 2 is 2.26 bits per heavy atom. The summed E-state index contributed by atoms with van der Waals surface area (Å²) >= 11 is 3.50. The van der Waals surface area contributed by atoms with E-state index in [2.05, 4.69) is 26.1 Å². The van der Waals surface area contributed by atoms with Gasteiger partial charge in [0, 0.05) is 16.5 Å². The van der Waals surface area contributed by atoms with E-state index in [1.807, 2.05) is 25.1 Å². The van der Waals surface area contributed by atoms with Gasteiger partial charge >= 0.3 is 0 Å². The zero-order valence-electron chi connectivity index (χ0n) is 10.5. The van der Waals surface area contributed by atoms with Crippen LogP contribution in [-0.2, 0) is 4.79 Å². The zero-order valence-corrected chi connectivity index (χ0v) is 12.1. The average Bonchev–Trinajstić information content (AvgIpc) is 2.97. The number of hydrogen-bond donors (Lipinski definition) is 0. The molecule has 1 atom stereocenters. The Labute approximate surface area is 119 Å². The summed E-state index contributed by atoms with van der Waals surface area (Å²) in [7, 11) is 0. The number of rotatable bonds is 2. The first kappa shape index (κ1) is 12.5. The maximum atomic E-state index is 11.7. The van der Waals surface area contributed by atoms with Crippen LogP contribution in [0.25, 0.3) is 11.4 Å². The number of ketones is 1. The summed E-state index contributed by atoms with van der Waals surface area (Å²) in [6.45, 7) is 2.02. The first-order valence-corrected chi connectivity index (χ1v) is 7.07. The van der Waals surface area contributed by atoms with Gasteiger partial charge in [-0.25, -0.2) is 0 Å². The lowest BCUT2D eigenvalue weighted by Crippen LogP contribution is -2.04. The standard InChI is InChI=1S/C14H13BrN2O2/c1-8-5-6-9(11(15)7-8)13-16-14(19-17-13)10-3-2-4-12(10)18/h5-7,10H,2-4H2,1H3. The highest BCUT2D eigenvalue weighted by atomic mass is 79.9. The van der Waals surface area contributed by atoms with E-state index in [-0.39, 0.29) is 11.7 Å². The summed E-state index contributed by atoms with van der Waals surface area (Å²) in [6, 6.07) is 5.95. The van der Waals surface area contributed by atoms with Crippen molar-refractivity contribution in [1.29, 1.82) is 0 Å². The number of carbonyl (C=O) groups is 1. The number of carbonyl (C=O) groups excluding carboxylic acids is 1. The summed E-state index contributed by atoms with van der Waals surface area (Å²) in [4.78, 5) is 16.1. The lowest BCUT2D eigenvalue weighted by atomic mass is 10.1. The lowest BCUT2D eigenvalue weighted by Gasteiger charge is -2.00. The van der Waals surface area contributed by atoms with Gasteiger partial charge in [-0.05, 0) is 37.5 Å². The van der Waals surface area contributed by atoms with Gasteiger partial charge in [0.1, 0.15) is 5.78 Å². The fourth-order valence-electron chi connectivity index (χ4n) is 2.36. The topological polar surface area (TPSA) is 56.0 Å². The number of halogens is 1. The Kier molecular flexibility index (Phi) is 3.22. The second-order valence-corrected chi connectivity index (χ2v) is 5.70. The van der Waals surface area contributed by atoms with Crippen LogP contribution >= 0.6 is 15.9 Å². The van der Waals surface area contributed by atoms with E-state index < -0.39 is 0 Å². The molecule has 0 spiro atoms. The minimum absolute atomic E-state index is 0.203. The number of hydrogen-bond acceptors (Lipinski definition) is 4. The number of aryl methyl sites for hydroxylation is 1. The van der Waals surface area contributed by atoms with E-state index >= 15 is 0 Å². The van der Waals surface area contributed by atoms with Gasteiger partial charge in [0.05, 0.1) is 5.92 Å². The quantitative estimate of drug-likeness (QED) is 0.847. The van der Waals surface area contributed by atoms with Gasteiger partial charge in [0.25, 0.3) is 0 Å². The molecule has 1 unspecified atom stereocenters. The molecular formula is C14H13BrN2O2. The number of Topliss-reactive ketones (excluding diaryl/α,β-unsaturated/α-hetero) is 1. The van der Waals surface area contributed by atoms with Crippen LogP contribution in [0.4, 0.5) is 0 Å². The average molecular weight is 321 g/mol. The Bertz CT molecular complexity index is 636. The third-order valence-electron chi connectivity index (χ3n) is 3.41. The van der Waals surface area contributed by atoms with Gasteiger partial charge in [0.2, 0.25) is 11.7 Å². The molecule has 0 N–H and O–H groups in total. The number of nitrogens with zero attached hydrogens (tertiary/aromatic N) is 2. The molecule has 1 aliphatic carbocycles. The van der Waals surface area contributed by atoms with E-state index in [9.17, 15) is 4.79 Å². The molecule has 0 bridgehead atoms. The zero-order chi connectivity index (χ0) is 13.4. The molecule has 5 heteroatoms. The number of aromatic nitrogens is 2. The monoisotopic (exact) mass is 320 g/mol. The van der Waals surface area contributed by atoms with Crippen LogP contribution in [0.1, 0.15) is 36.6 Å². The van der Waals surface area contributed by atoms with Crippen molar-refractivity contribution < 1.29 is 9.32 Å². The molecule has 1 aromatic heterocycles. The SMILES string of the molecule is Cc1ccc(-c2noc(C3CCCC3=O)n2)c(Br)c1. The molecule has 3 rings (SSSR count). The maximum absolute atomic E-state index is 11.7. The summed E-state index contributed by atoms with van der Waals surface area (Å²) in [5, 5.41) is 3.99. The maximum Gasteiger partial charge on any atom is 0.237 e. The van der Waals surface area contributed by atoms with Gasteiger partial charge in [-0.15, -0.1) is 0 Å². The second-order valence-electron chi connectivity index (χ2n) is 4.85. The third-order valence-corrected chi connectivity index (χ3v) is 4.07. The highest BCUT2D eigenvalue weighted by molar-refractivity contribution is 9.10. The van der Waals surface area contributed by atoms with E-state index in [0.717, 1.165) is 28.4 Å². The highest BCUT2D eigenvalue weighted by Crippen LogP contribution is 2.32. The van der Waals surface area contributed by atoms with Gasteiger partial charge in [-0.1, -0.05) is 27.2 Å². The van der Waals surface area contributed by atoms with Crippen LogP contribution in [0, 0.1) is 6.92 Å². The van der Waals surface area contributed by atoms with Crippen LogP contribution in [0.5, 0.6) is 0 Å². The summed E-state index contributed by atoms with van der Waals surface area (Å²) in [5.41, 5.74) is 2.04. The molecular weight excluding hydrogens is 308 g/mol. The van der Waals surface area contributed by atoms with Crippen molar-refractivity contribution in [3.8, 4) is 11.4 Å². The fourth-order valence-corrected chi connectivity index (χ4v) is 3.04. The molecule has 0 amide bonds. The normalized spacial score (nSPS) is 19.1. The van der Waals surface area contributed by atoms with Crippen molar-refractivity contribution in [1.82, 2.24) is 10.1 Å². The first-order valence-electron chi connectivity index (χ1n) is 6.28. The van der Waals surface area contributed by atoms with Gasteiger partial charge in [-0.2, -0.15) is 4.98 Å². The molecule has 1 aromatic carbocycles. The van der Waals surface area contributed by atoms with Crippen molar-refractivity contribution in [2.45, 2.75) is 32.1 Å². The molecule has 2 aromatic rings. The highest BCUT2D eigenvalue weighted by Gasteiger charge is 2.31. The van der Waals surface area contributed by atoms with Gasteiger partial charge in [0.15, 0.2) is 0 Å². The van der Waals surface area contributed by atoms with E-state index in [1.54, 1.807) is 0 Å². The van der Waals surface area contributed by atoms with Crippen molar-refractivity contribution in [2.24, 2.45) is 0 Å². The smallest absolute Gasteiger partial charge is 0.237 e. The molecule has 1 saturated carbocycles. The minimum atomic E-state index is -0.203. The Hall–Kier alpha value is -1.49. The van der Waals surface area contributed by atoms with Gasteiger partial charge < -0.3 is 4.52 Å². The molecule has 98 valence electrons. The predicted octanol–water partition coefficient (Wildman–Crippen LogP) is 3.64. The molecule has 0 saturated heterocycles. The van der Waals surface area contributed by atoms with Crippen LogP contribution in [0.2, 0.25) is 0 Å². The van der Waals surface area contributed by atoms with Crippen LogP contribution in [-0.4, -0.2) is 15.9 Å². The Balaban J connectivity index is 1.94. The van der Waals surface area contributed by atoms with Crippen molar-refractivity contribution >= 4 is 21.7 Å². The molecule has 0 radical (unpaired) electrons. The molecule has 0 aliphatic heterocycles. The fraction of sp³-hybridized carbons (Fsp3) is 0.357. The Morgan fingerprint density at radius 3 is 2.95 bits per heavy atom. The summed E-state index contributed by atoms with van der Waals surface area (Å²) in [6.07, 6.45) is 2.35. The molecule has 1 aliphatic rings. The molecule has 4 nitrogen and oxygen atoms in total. The van der Waals surface area contributed by atoms with E-state index in [4.69, 9.17) is 4.52 Å². The summed E-state index contributed by atoms with van der Waals surface area (Å²) in [5.74, 6) is 0.982. The first-order chi connectivity index (χ1) is 9.15. The molecule has 1 fully saturated rings. The largest absolute Gasteiger partial charge is 0.338 e. The minimum Gasteiger partial charge on any atom is -0.338 e. The second kappa shape index (κ2) is 4.89. The van der Waals surface area contributed by atoms with Gasteiger partial charge in [-0.3, -0.25) is 4.79 Å². The van der Waals surface area contributed by atoms with Crippen molar-refractivity contribution in [2.75, 3.05) is 0 Å². The van der Waals surface area contributed by atoms with Crippen LogP contribution in [0.3, 0.4) is 0 Å². The third kappa shape index (κ3) is 2.34. The van der Waals surface area contributed by atoms with E-state index in [0.29, 0.717) is 18.1 Å². The van der Waals surface area contributed by atoms with Crippen molar-refractivity contribution in [3.05, 3.63) is 34.1 Å². The molecule has 19 heavy (non-hydrogen) atoms. The van der Waals surface area contributed by atoms with E-state index in [1.165, 1.54) is 0 Å². The summed E-state index contributed by atoms with van der Waals surface area (Å²) < 4.78 is 6.18.